The summed E-state index contributed by atoms with van der Waals surface area (Å²) in [7, 11) is 3.12. The van der Waals surface area contributed by atoms with E-state index in [2.05, 4.69) is 20.1 Å². The Labute approximate surface area is 166 Å². The molecule has 0 saturated carbocycles. The number of rotatable bonds is 5. The van der Waals surface area contributed by atoms with E-state index >= 15 is 0 Å². The van der Waals surface area contributed by atoms with Gasteiger partial charge in [0.05, 0.1) is 19.8 Å². The minimum absolute atomic E-state index is 0.193. The SMILES string of the molecule is COc1cc(OC)cc(-c2nc(-c3cc(-c4ccncc4)c(C)[nH]c3=O)no2)c1. The van der Waals surface area contributed by atoms with Gasteiger partial charge in [-0.05, 0) is 42.8 Å². The number of nitrogens with one attached hydrogen (secondary N) is 1. The molecule has 0 aliphatic rings. The molecule has 0 atom stereocenters. The largest absolute Gasteiger partial charge is 0.497 e. The molecular formula is C21H18N4O4. The molecule has 0 bridgehead atoms. The Morgan fingerprint density at radius 2 is 1.62 bits per heavy atom. The first kappa shape index (κ1) is 18.4. The number of H-pyrrole nitrogens is 1. The van der Waals surface area contributed by atoms with Crippen LogP contribution in [-0.4, -0.2) is 34.3 Å². The number of nitrogens with zero attached hydrogens (tertiary/aromatic N) is 3. The maximum Gasteiger partial charge on any atom is 0.259 e. The molecule has 0 radical (unpaired) electrons. The highest BCUT2D eigenvalue weighted by atomic mass is 16.5. The molecule has 0 saturated heterocycles. The molecule has 3 heterocycles. The molecule has 0 unspecified atom stereocenters. The van der Waals surface area contributed by atoms with Crippen LogP contribution >= 0.6 is 0 Å². The van der Waals surface area contributed by atoms with Crippen LogP contribution in [0.25, 0.3) is 34.0 Å². The molecule has 4 rings (SSSR count). The highest BCUT2D eigenvalue weighted by Gasteiger charge is 2.17. The van der Waals surface area contributed by atoms with Gasteiger partial charge in [-0.3, -0.25) is 9.78 Å². The van der Waals surface area contributed by atoms with Crippen LogP contribution in [0.3, 0.4) is 0 Å². The van der Waals surface area contributed by atoms with Crippen molar-refractivity contribution in [1.29, 1.82) is 0 Å². The van der Waals surface area contributed by atoms with Crippen LogP contribution in [0.5, 0.6) is 11.5 Å². The standard InChI is InChI=1S/C21H18N4O4/c1-12-17(13-4-6-22-7-5-13)11-18(20(26)23-12)19-24-21(29-25-19)14-8-15(27-2)10-16(9-14)28-3/h4-11H,1-3H3,(H,23,26). The second-order valence-electron chi connectivity index (χ2n) is 6.31. The molecule has 29 heavy (non-hydrogen) atoms. The number of aromatic amines is 1. The molecule has 146 valence electrons. The Hall–Kier alpha value is -3.94. The maximum absolute atomic E-state index is 12.5. The van der Waals surface area contributed by atoms with E-state index < -0.39 is 0 Å². The summed E-state index contributed by atoms with van der Waals surface area (Å²) in [6, 6.07) is 10.7. The number of methoxy groups -OCH3 is 2. The van der Waals surface area contributed by atoms with Crippen LogP contribution in [0.15, 0.2) is 58.1 Å². The van der Waals surface area contributed by atoms with Crippen LogP contribution in [0.2, 0.25) is 0 Å². The molecule has 1 aromatic carbocycles. The first-order valence-electron chi connectivity index (χ1n) is 8.81. The number of aromatic nitrogens is 4. The highest BCUT2D eigenvalue weighted by molar-refractivity contribution is 5.71. The van der Waals surface area contributed by atoms with Crippen molar-refractivity contribution in [3.8, 4) is 45.5 Å². The number of pyridine rings is 2. The zero-order valence-corrected chi connectivity index (χ0v) is 16.1. The summed E-state index contributed by atoms with van der Waals surface area (Å²) in [6.45, 7) is 1.84. The van der Waals surface area contributed by atoms with E-state index in [4.69, 9.17) is 14.0 Å². The van der Waals surface area contributed by atoms with Gasteiger partial charge < -0.3 is 19.0 Å². The van der Waals surface area contributed by atoms with E-state index in [1.807, 2.05) is 19.1 Å². The summed E-state index contributed by atoms with van der Waals surface area (Å²) in [5.41, 5.74) is 3.17. The van der Waals surface area contributed by atoms with Crippen molar-refractivity contribution in [2.75, 3.05) is 14.2 Å². The van der Waals surface area contributed by atoms with Gasteiger partial charge in [-0.1, -0.05) is 5.16 Å². The summed E-state index contributed by atoms with van der Waals surface area (Å²) in [5.74, 6) is 1.63. The average Bonchev–Trinajstić information content (AvgIpc) is 3.24. The molecule has 0 fully saturated rings. The van der Waals surface area contributed by atoms with Gasteiger partial charge >= 0.3 is 0 Å². The van der Waals surface area contributed by atoms with E-state index in [9.17, 15) is 4.79 Å². The van der Waals surface area contributed by atoms with Crippen LogP contribution in [0.1, 0.15) is 5.69 Å². The summed E-state index contributed by atoms with van der Waals surface area (Å²) >= 11 is 0. The van der Waals surface area contributed by atoms with Gasteiger partial charge in [0.25, 0.3) is 11.4 Å². The number of aryl methyl sites for hydroxylation is 1. The average molecular weight is 390 g/mol. The minimum Gasteiger partial charge on any atom is -0.497 e. The van der Waals surface area contributed by atoms with Gasteiger partial charge in [-0.25, -0.2) is 0 Å². The van der Waals surface area contributed by atoms with Gasteiger partial charge in [0, 0.05) is 35.3 Å². The summed E-state index contributed by atoms with van der Waals surface area (Å²) < 4.78 is 16.0. The van der Waals surface area contributed by atoms with Crippen molar-refractivity contribution in [2.45, 2.75) is 6.92 Å². The van der Waals surface area contributed by atoms with Crippen LogP contribution in [0, 0.1) is 6.92 Å². The number of benzene rings is 1. The van der Waals surface area contributed by atoms with E-state index in [1.165, 1.54) is 0 Å². The smallest absolute Gasteiger partial charge is 0.259 e. The quantitative estimate of drug-likeness (QED) is 0.556. The second kappa shape index (κ2) is 7.59. The van der Waals surface area contributed by atoms with Crippen molar-refractivity contribution in [2.24, 2.45) is 0 Å². The fraction of sp³-hybridized carbons (Fsp3) is 0.143. The summed E-state index contributed by atoms with van der Waals surface area (Å²) in [6.07, 6.45) is 3.39. The lowest BCUT2D eigenvalue weighted by atomic mass is 10.0. The first-order valence-corrected chi connectivity index (χ1v) is 8.81. The molecule has 0 aliphatic heterocycles. The van der Waals surface area contributed by atoms with Crippen LogP contribution in [0.4, 0.5) is 0 Å². The Balaban J connectivity index is 1.78. The Morgan fingerprint density at radius 3 is 2.28 bits per heavy atom. The molecule has 0 aliphatic carbocycles. The Kier molecular flexibility index (Phi) is 4.82. The second-order valence-corrected chi connectivity index (χ2v) is 6.31. The molecule has 3 aromatic heterocycles. The maximum atomic E-state index is 12.5. The summed E-state index contributed by atoms with van der Waals surface area (Å²) in [5, 5.41) is 4.00. The first-order chi connectivity index (χ1) is 14.1. The molecule has 8 heteroatoms. The van der Waals surface area contributed by atoms with Crippen molar-refractivity contribution in [3.05, 3.63) is 64.8 Å². The fourth-order valence-corrected chi connectivity index (χ4v) is 3.00. The molecule has 1 N–H and O–H groups in total. The summed E-state index contributed by atoms with van der Waals surface area (Å²) in [4.78, 5) is 23.8. The predicted molar refractivity (Wildman–Crippen MR) is 107 cm³/mol. The van der Waals surface area contributed by atoms with Crippen molar-refractivity contribution in [1.82, 2.24) is 20.1 Å². The molecule has 4 aromatic rings. The van der Waals surface area contributed by atoms with Gasteiger partial charge in [0.15, 0.2) is 0 Å². The van der Waals surface area contributed by atoms with Crippen molar-refractivity contribution in [3.63, 3.8) is 0 Å². The van der Waals surface area contributed by atoms with Crippen LogP contribution in [-0.2, 0) is 0 Å². The van der Waals surface area contributed by atoms with E-state index in [1.54, 1.807) is 50.9 Å². The van der Waals surface area contributed by atoms with E-state index in [0.29, 0.717) is 22.6 Å². The monoisotopic (exact) mass is 390 g/mol. The van der Waals surface area contributed by atoms with Gasteiger partial charge in [0.2, 0.25) is 5.82 Å². The number of hydrogen-bond acceptors (Lipinski definition) is 7. The van der Waals surface area contributed by atoms with Crippen molar-refractivity contribution < 1.29 is 14.0 Å². The lowest BCUT2D eigenvalue weighted by Gasteiger charge is -2.07. The lowest BCUT2D eigenvalue weighted by molar-refractivity contribution is 0.393. The minimum atomic E-state index is -0.295. The third kappa shape index (κ3) is 3.60. The highest BCUT2D eigenvalue weighted by Crippen LogP contribution is 2.30. The fourth-order valence-electron chi connectivity index (χ4n) is 3.00. The number of hydrogen-bond donors (Lipinski definition) is 1. The predicted octanol–water partition coefficient (Wildman–Crippen LogP) is 3.48. The van der Waals surface area contributed by atoms with Gasteiger partial charge in [-0.15, -0.1) is 0 Å². The Bertz CT molecular complexity index is 1190. The van der Waals surface area contributed by atoms with Crippen LogP contribution < -0.4 is 15.0 Å². The lowest BCUT2D eigenvalue weighted by Crippen LogP contribution is -2.12. The van der Waals surface area contributed by atoms with Gasteiger partial charge in [0.1, 0.15) is 11.5 Å². The normalized spacial score (nSPS) is 10.7. The van der Waals surface area contributed by atoms with Gasteiger partial charge in [-0.2, -0.15) is 4.98 Å². The third-order valence-corrected chi connectivity index (χ3v) is 4.49. The van der Waals surface area contributed by atoms with E-state index in [-0.39, 0.29) is 17.3 Å². The molecule has 0 spiro atoms. The van der Waals surface area contributed by atoms with Crippen molar-refractivity contribution >= 4 is 0 Å². The van der Waals surface area contributed by atoms with E-state index in [0.717, 1.165) is 16.8 Å². The topological polar surface area (TPSA) is 103 Å². The molecule has 0 amide bonds. The zero-order valence-electron chi connectivity index (χ0n) is 16.1. The molecule has 8 nitrogen and oxygen atoms in total. The number of ether oxygens (including phenoxy) is 2. The third-order valence-electron chi connectivity index (χ3n) is 4.49. The zero-order chi connectivity index (χ0) is 20.4. The Morgan fingerprint density at radius 1 is 0.931 bits per heavy atom. The molecular weight excluding hydrogens is 372 g/mol.